The Hall–Kier alpha value is -1.06. The molecule has 1 saturated heterocycles. The number of rotatable bonds is 1. The molecule has 1 heterocycles. The van der Waals surface area contributed by atoms with Gasteiger partial charge in [0.05, 0.1) is 5.92 Å². The molecule has 0 aromatic heterocycles. The van der Waals surface area contributed by atoms with E-state index in [2.05, 4.69) is 5.32 Å². The first-order valence-electron chi connectivity index (χ1n) is 3.13. The number of amides is 1. The lowest BCUT2D eigenvalue weighted by Crippen LogP contribution is -2.28. The van der Waals surface area contributed by atoms with E-state index in [4.69, 9.17) is 5.11 Å². The third-order valence-electron chi connectivity index (χ3n) is 1.71. The van der Waals surface area contributed by atoms with E-state index >= 15 is 0 Å². The smallest absolute Gasteiger partial charge is 0.309 e. The molecule has 4 heteroatoms. The molecule has 0 radical (unpaired) electrons. The number of hydrogen-bond donors (Lipinski definition) is 2. The van der Waals surface area contributed by atoms with Crippen LogP contribution >= 0.6 is 0 Å². The fraction of sp³-hybridized carbons (Fsp3) is 0.667. The minimum atomic E-state index is -0.897. The second-order valence-electron chi connectivity index (χ2n) is 2.51. The van der Waals surface area contributed by atoms with Crippen LogP contribution in [0.25, 0.3) is 0 Å². The number of hydrogen-bond acceptors (Lipinski definition) is 2. The van der Waals surface area contributed by atoms with Crippen molar-refractivity contribution >= 4 is 11.9 Å². The van der Waals surface area contributed by atoms with Gasteiger partial charge in [0.2, 0.25) is 5.91 Å². The van der Waals surface area contributed by atoms with Crippen LogP contribution in [0.5, 0.6) is 0 Å². The molecule has 4 nitrogen and oxygen atoms in total. The molecule has 1 aliphatic rings. The summed E-state index contributed by atoms with van der Waals surface area (Å²) in [5.41, 5.74) is 0. The Morgan fingerprint density at radius 2 is 2.40 bits per heavy atom. The van der Waals surface area contributed by atoms with Gasteiger partial charge in [0.25, 0.3) is 0 Å². The summed E-state index contributed by atoms with van der Waals surface area (Å²) >= 11 is 0. The quantitative estimate of drug-likeness (QED) is 0.524. The zero-order valence-electron chi connectivity index (χ0n) is 5.63. The summed E-state index contributed by atoms with van der Waals surface area (Å²) in [6, 6.07) is -0.218. The Bertz CT molecular complexity index is 178. The van der Waals surface area contributed by atoms with Crippen molar-refractivity contribution in [2.45, 2.75) is 19.4 Å². The summed E-state index contributed by atoms with van der Waals surface area (Å²) in [7, 11) is 0. The molecule has 2 atom stereocenters. The predicted octanol–water partition coefficient (Wildman–Crippen LogP) is -0.404. The van der Waals surface area contributed by atoms with E-state index in [1.54, 1.807) is 6.92 Å². The van der Waals surface area contributed by atoms with Crippen LogP contribution in [0.4, 0.5) is 0 Å². The molecule has 2 unspecified atom stereocenters. The highest BCUT2D eigenvalue weighted by Crippen LogP contribution is 2.15. The summed E-state index contributed by atoms with van der Waals surface area (Å²) in [6.45, 7) is 1.70. The first kappa shape index (κ1) is 7.05. The lowest BCUT2D eigenvalue weighted by molar-refractivity contribution is -0.142. The normalized spacial score (nSPS) is 31.9. The first-order valence-corrected chi connectivity index (χ1v) is 3.13. The van der Waals surface area contributed by atoms with E-state index in [0.29, 0.717) is 0 Å². The first-order chi connectivity index (χ1) is 4.61. The molecular weight excluding hydrogens is 134 g/mol. The fourth-order valence-electron chi connectivity index (χ4n) is 1.09. The van der Waals surface area contributed by atoms with Crippen molar-refractivity contribution in [3.8, 4) is 0 Å². The zero-order valence-corrected chi connectivity index (χ0v) is 5.63. The van der Waals surface area contributed by atoms with Gasteiger partial charge in [-0.2, -0.15) is 0 Å². The van der Waals surface area contributed by atoms with Gasteiger partial charge >= 0.3 is 5.97 Å². The maximum atomic E-state index is 10.6. The molecular formula is C6H9NO3. The van der Waals surface area contributed by atoms with Crippen molar-refractivity contribution in [2.24, 2.45) is 5.92 Å². The molecule has 1 amide bonds. The van der Waals surface area contributed by atoms with Crippen LogP contribution in [0.1, 0.15) is 13.3 Å². The molecule has 1 rings (SSSR count). The minimum absolute atomic E-state index is 0.122. The summed E-state index contributed by atoms with van der Waals surface area (Å²) < 4.78 is 0. The van der Waals surface area contributed by atoms with Gasteiger partial charge in [-0.25, -0.2) is 0 Å². The molecule has 1 fully saturated rings. The van der Waals surface area contributed by atoms with Crippen LogP contribution in [0.3, 0.4) is 0 Å². The number of carboxylic acids is 1. The van der Waals surface area contributed by atoms with Crippen LogP contribution in [-0.4, -0.2) is 23.0 Å². The standard InChI is InChI=1S/C6H9NO3/c1-3-4(6(9)10)2-5(8)7-3/h3-4H,2H2,1H3,(H,7,8)(H,9,10). The van der Waals surface area contributed by atoms with E-state index in [1.807, 2.05) is 0 Å². The zero-order chi connectivity index (χ0) is 7.72. The highest BCUT2D eigenvalue weighted by atomic mass is 16.4. The van der Waals surface area contributed by atoms with Gasteiger partial charge in [-0.15, -0.1) is 0 Å². The third kappa shape index (κ3) is 1.10. The Balaban J connectivity index is 2.63. The molecule has 1 aliphatic heterocycles. The number of carbonyl (C=O) groups is 2. The number of aliphatic carboxylic acids is 1. The van der Waals surface area contributed by atoms with Crippen LogP contribution in [0, 0.1) is 5.92 Å². The fourth-order valence-corrected chi connectivity index (χ4v) is 1.09. The third-order valence-corrected chi connectivity index (χ3v) is 1.71. The van der Waals surface area contributed by atoms with E-state index < -0.39 is 11.9 Å². The SMILES string of the molecule is CC1NC(=O)CC1C(=O)O. The average molecular weight is 143 g/mol. The highest BCUT2D eigenvalue weighted by molar-refractivity contribution is 5.86. The van der Waals surface area contributed by atoms with E-state index in [-0.39, 0.29) is 18.4 Å². The van der Waals surface area contributed by atoms with Gasteiger partial charge in [0, 0.05) is 12.5 Å². The molecule has 0 aliphatic carbocycles. The summed E-state index contributed by atoms with van der Waals surface area (Å²) in [4.78, 5) is 21.0. The van der Waals surface area contributed by atoms with Crippen LogP contribution in [-0.2, 0) is 9.59 Å². The summed E-state index contributed by atoms with van der Waals surface area (Å²) in [5, 5.41) is 11.0. The molecule has 56 valence electrons. The summed E-state index contributed by atoms with van der Waals surface area (Å²) in [5.74, 6) is -1.60. The topological polar surface area (TPSA) is 66.4 Å². The van der Waals surface area contributed by atoms with Gasteiger partial charge in [0.15, 0.2) is 0 Å². The van der Waals surface area contributed by atoms with Crippen LogP contribution in [0.2, 0.25) is 0 Å². The number of carbonyl (C=O) groups excluding carboxylic acids is 1. The minimum Gasteiger partial charge on any atom is -0.481 e. The van der Waals surface area contributed by atoms with Crippen molar-refractivity contribution in [1.29, 1.82) is 0 Å². The van der Waals surface area contributed by atoms with E-state index in [0.717, 1.165) is 0 Å². The molecule has 10 heavy (non-hydrogen) atoms. The van der Waals surface area contributed by atoms with Gasteiger partial charge in [0.1, 0.15) is 0 Å². The maximum Gasteiger partial charge on any atom is 0.309 e. The largest absolute Gasteiger partial charge is 0.481 e. The monoisotopic (exact) mass is 143 g/mol. The molecule has 0 aromatic rings. The second kappa shape index (κ2) is 2.28. The summed E-state index contributed by atoms with van der Waals surface area (Å²) in [6.07, 6.45) is 0.122. The Kier molecular flexibility index (Phi) is 1.61. The number of carboxylic acid groups (broad SMARTS) is 1. The Labute approximate surface area is 58.2 Å². The molecule has 0 aromatic carbocycles. The number of nitrogens with one attached hydrogen (secondary N) is 1. The van der Waals surface area contributed by atoms with E-state index in [9.17, 15) is 9.59 Å². The van der Waals surface area contributed by atoms with E-state index in [1.165, 1.54) is 0 Å². The van der Waals surface area contributed by atoms with Crippen molar-refractivity contribution in [3.05, 3.63) is 0 Å². The highest BCUT2D eigenvalue weighted by Gasteiger charge is 2.34. The Morgan fingerprint density at radius 3 is 2.60 bits per heavy atom. The molecule has 0 saturated carbocycles. The van der Waals surface area contributed by atoms with Crippen molar-refractivity contribution in [2.75, 3.05) is 0 Å². The van der Waals surface area contributed by atoms with Crippen LogP contribution in [0.15, 0.2) is 0 Å². The second-order valence-corrected chi connectivity index (χ2v) is 2.51. The molecule has 0 spiro atoms. The average Bonchev–Trinajstić information content (AvgIpc) is 2.10. The van der Waals surface area contributed by atoms with Crippen molar-refractivity contribution in [1.82, 2.24) is 5.32 Å². The van der Waals surface area contributed by atoms with Gasteiger partial charge in [-0.3, -0.25) is 9.59 Å². The lowest BCUT2D eigenvalue weighted by Gasteiger charge is -2.06. The van der Waals surface area contributed by atoms with Crippen molar-refractivity contribution in [3.63, 3.8) is 0 Å². The Morgan fingerprint density at radius 1 is 1.80 bits per heavy atom. The van der Waals surface area contributed by atoms with Gasteiger partial charge in [-0.05, 0) is 6.92 Å². The maximum absolute atomic E-state index is 10.6. The molecule has 2 N–H and O–H groups in total. The van der Waals surface area contributed by atoms with Gasteiger partial charge < -0.3 is 10.4 Å². The predicted molar refractivity (Wildman–Crippen MR) is 33.3 cm³/mol. The van der Waals surface area contributed by atoms with Crippen LogP contribution < -0.4 is 5.32 Å². The van der Waals surface area contributed by atoms with Crippen molar-refractivity contribution < 1.29 is 14.7 Å². The molecule has 0 bridgehead atoms. The lowest BCUT2D eigenvalue weighted by atomic mass is 10.0. The van der Waals surface area contributed by atoms with Gasteiger partial charge in [-0.1, -0.05) is 0 Å².